The summed E-state index contributed by atoms with van der Waals surface area (Å²) >= 11 is 6.13. The summed E-state index contributed by atoms with van der Waals surface area (Å²) in [6.45, 7) is 2.98. The molecule has 3 N–H and O–H groups in total. The number of amides is 3. The van der Waals surface area contributed by atoms with Gasteiger partial charge < -0.3 is 16.0 Å². The summed E-state index contributed by atoms with van der Waals surface area (Å²) in [5, 5.41) is 12.4. The van der Waals surface area contributed by atoms with Crippen molar-refractivity contribution in [3.8, 4) is 0 Å². The molecule has 1 aromatic heterocycles. The Morgan fingerprint density at radius 3 is 2.68 bits per heavy atom. The Morgan fingerprint density at radius 1 is 1.24 bits per heavy atom. The largest absolute Gasteiger partial charge is 0.352 e. The van der Waals surface area contributed by atoms with Crippen LogP contribution in [0, 0.1) is 0 Å². The zero-order valence-electron chi connectivity index (χ0n) is 14.2. The first-order valence-corrected chi connectivity index (χ1v) is 8.34. The molecule has 0 unspecified atom stereocenters. The van der Waals surface area contributed by atoms with Crippen LogP contribution in [0.5, 0.6) is 0 Å². The molecule has 0 spiro atoms. The fraction of sp³-hybridized carbons (Fsp3) is 0.375. The number of aryl methyl sites for hydroxylation is 1. The highest BCUT2D eigenvalue weighted by Crippen LogP contribution is 2.21. The number of hydrogen-bond donors (Lipinski definition) is 3. The zero-order valence-corrected chi connectivity index (χ0v) is 14.9. The van der Waals surface area contributed by atoms with E-state index < -0.39 is 0 Å². The predicted octanol–water partition coefficient (Wildman–Crippen LogP) is 1.97. The minimum Gasteiger partial charge on any atom is -0.352 e. The van der Waals surface area contributed by atoms with Crippen LogP contribution < -0.4 is 16.0 Å². The molecule has 25 heavy (non-hydrogen) atoms. The molecule has 0 aliphatic rings. The first-order chi connectivity index (χ1) is 12.0. The maximum atomic E-state index is 11.9. The summed E-state index contributed by atoms with van der Waals surface area (Å²) in [6, 6.07) is 4.41. The lowest BCUT2D eigenvalue weighted by Crippen LogP contribution is -2.31. The van der Waals surface area contributed by atoms with E-state index in [0.717, 1.165) is 12.2 Å². The van der Waals surface area contributed by atoms with Gasteiger partial charge in [0.1, 0.15) is 12.2 Å². The lowest BCUT2D eigenvalue weighted by Gasteiger charge is -2.10. The van der Waals surface area contributed by atoms with Crippen molar-refractivity contribution in [3.05, 3.63) is 40.9 Å². The summed E-state index contributed by atoms with van der Waals surface area (Å²) in [5.41, 5.74) is 0.886. The lowest BCUT2D eigenvalue weighted by atomic mass is 10.2. The second-order valence-corrected chi connectivity index (χ2v) is 5.79. The Hall–Kier alpha value is -2.61. The summed E-state index contributed by atoms with van der Waals surface area (Å²) in [5.74, 6) is 0.553. The number of carbonyl (C=O) groups excluding carboxylic acids is 2. The van der Waals surface area contributed by atoms with E-state index in [-0.39, 0.29) is 17.0 Å². The third-order valence-corrected chi connectivity index (χ3v) is 3.76. The van der Waals surface area contributed by atoms with Crippen LogP contribution >= 0.6 is 11.6 Å². The van der Waals surface area contributed by atoms with E-state index in [1.54, 1.807) is 29.9 Å². The average molecular weight is 365 g/mol. The molecule has 134 valence electrons. The number of rotatable bonds is 7. The van der Waals surface area contributed by atoms with E-state index in [0.29, 0.717) is 30.8 Å². The topological polar surface area (TPSA) is 101 Å². The fourth-order valence-corrected chi connectivity index (χ4v) is 2.39. The smallest absolute Gasteiger partial charge is 0.319 e. The molecule has 8 nitrogen and oxygen atoms in total. The van der Waals surface area contributed by atoms with E-state index in [4.69, 9.17) is 11.6 Å². The molecule has 0 bridgehead atoms. The van der Waals surface area contributed by atoms with Gasteiger partial charge in [0.15, 0.2) is 0 Å². The SMILES string of the molecule is CCCNC(=O)c1ccc(NC(=O)NCCc2ncnn2C)cc1Cl. The maximum absolute atomic E-state index is 11.9. The van der Waals surface area contributed by atoms with Crippen LogP contribution in [0.15, 0.2) is 24.5 Å². The molecule has 0 saturated heterocycles. The van der Waals surface area contributed by atoms with Crippen molar-refractivity contribution in [3.63, 3.8) is 0 Å². The fourth-order valence-electron chi connectivity index (χ4n) is 2.12. The Morgan fingerprint density at radius 2 is 2.04 bits per heavy atom. The van der Waals surface area contributed by atoms with Gasteiger partial charge in [0, 0.05) is 32.2 Å². The van der Waals surface area contributed by atoms with Crippen molar-refractivity contribution in [2.45, 2.75) is 19.8 Å². The minimum atomic E-state index is -0.360. The summed E-state index contributed by atoms with van der Waals surface area (Å²) < 4.78 is 1.65. The molecule has 0 fully saturated rings. The zero-order chi connectivity index (χ0) is 18.2. The molecule has 0 radical (unpaired) electrons. The van der Waals surface area contributed by atoms with Crippen molar-refractivity contribution in [2.75, 3.05) is 18.4 Å². The lowest BCUT2D eigenvalue weighted by molar-refractivity contribution is 0.0954. The van der Waals surface area contributed by atoms with Crippen LogP contribution in [0.1, 0.15) is 29.5 Å². The van der Waals surface area contributed by atoms with Gasteiger partial charge in [-0.3, -0.25) is 9.48 Å². The third kappa shape index (κ3) is 5.46. The van der Waals surface area contributed by atoms with Crippen LogP contribution in [0.3, 0.4) is 0 Å². The number of anilines is 1. The van der Waals surface area contributed by atoms with E-state index in [2.05, 4.69) is 26.0 Å². The molecule has 0 saturated carbocycles. The van der Waals surface area contributed by atoms with Crippen LogP contribution in [0.2, 0.25) is 5.02 Å². The van der Waals surface area contributed by atoms with Gasteiger partial charge >= 0.3 is 6.03 Å². The van der Waals surface area contributed by atoms with Crippen molar-refractivity contribution in [2.24, 2.45) is 7.05 Å². The highest BCUT2D eigenvalue weighted by molar-refractivity contribution is 6.34. The molecule has 1 heterocycles. The first kappa shape index (κ1) is 18.7. The Labute approximate surface area is 151 Å². The van der Waals surface area contributed by atoms with Gasteiger partial charge in [-0.25, -0.2) is 9.78 Å². The van der Waals surface area contributed by atoms with E-state index in [9.17, 15) is 9.59 Å². The van der Waals surface area contributed by atoms with Crippen LogP contribution in [-0.4, -0.2) is 39.8 Å². The normalized spacial score (nSPS) is 10.4. The standard InChI is InChI=1S/C16H21ClN6O2/c1-3-7-18-15(24)12-5-4-11(9-13(12)17)22-16(25)19-8-6-14-20-10-21-23(14)2/h4-5,9-10H,3,6-8H2,1-2H3,(H,18,24)(H2,19,22,25). The van der Waals surface area contributed by atoms with Gasteiger partial charge in [0.2, 0.25) is 0 Å². The predicted molar refractivity (Wildman–Crippen MR) is 95.8 cm³/mol. The van der Waals surface area contributed by atoms with Gasteiger partial charge in [-0.15, -0.1) is 0 Å². The van der Waals surface area contributed by atoms with Gasteiger partial charge in [-0.2, -0.15) is 5.10 Å². The highest BCUT2D eigenvalue weighted by atomic mass is 35.5. The van der Waals surface area contributed by atoms with Gasteiger partial charge in [-0.1, -0.05) is 18.5 Å². The van der Waals surface area contributed by atoms with Crippen LogP contribution in [0.25, 0.3) is 0 Å². The third-order valence-electron chi connectivity index (χ3n) is 3.45. The number of aromatic nitrogens is 3. The minimum absolute atomic E-state index is 0.230. The Bertz CT molecular complexity index is 746. The quantitative estimate of drug-likeness (QED) is 0.699. The Kier molecular flexibility index (Phi) is 6.76. The van der Waals surface area contributed by atoms with Crippen molar-refractivity contribution in [1.29, 1.82) is 0 Å². The number of urea groups is 1. The van der Waals surface area contributed by atoms with E-state index >= 15 is 0 Å². The number of carbonyl (C=O) groups is 2. The number of nitrogens with one attached hydrogen (secondary N) is 3. The van der Waals surface area contributed by atoms with Crippen molar-refractivity contribution < 1.29 is 9.59 Å². The van der Waals surface area contributed by atoms with E-state index in [1.807, 2.05) is 6.92 Å². The van der Waals surface area contributed by atoms with Crippen LogP contribution in [0.4, 0.5) is 10.5 Å². The average Bonchev–Trinajstić information content (AvgIpc) is 2.98. The van der Waals surface area contributed by atoms with Crippen LogP contribution in [-0.2, 0) is 13.5 Å². The molecule has 0 atom stereocenters. The second-order valence-electron chi connectivity index (χ2n) is 5.38. The number of hydrogen-bond acceptors (Lipinski definition) is 4. The molecular weight excluding hydrogens is 344 g/mol. The Balaban J connectivity index is 1.85. The molecule has 1 aromatic carbocycles. The number of halogens is 1. The molecule has 0 aliphatic carbocycles. The molecule has 9 heteroatoms. The molecule has 3 amide bonds. The molecular formula is C16H21ClN6O2. The summed E-state index contributed by atoms with van der Waals surface area (Å²) in [4.78, 5) is 27.9. The molecule has 0 aliphatic heterocycles. The highest BCUT2D eigenvalue weighted by Gasteiger charge is 2.11. The van der Waals surface area contributed by atoms with Gasteiger partial charge in [0.25, 0.3) is 5.91 Å². The number of benzene rings is 1. The summed E-state index contributed by atoms with van der Waals surface area (Å²) in [6.07, 6.45) is 2.88. The monoisotopic (exact) mass is 364 g/mol. The first-order valence-electron chi connectivity index (χ1n) is 7.96. The van der Waals surface area contributed by atoms with E-state index in [1.165, 1.54) is 6.33 Å². The number of nitrogens with zero attached hydrogens (tertiary/aromatic N) is 3. The summed E-state index contributed by atoms with van der Waals surface area (Å²) in [7, 11) is 1.79. The van der Waals surface area contributed by atoms with Crippen molar-refractivity contribution in [1.82, 2.24) is 25.4 Å². The van der Waals surface area contributed by atoms with Gasteiger partial charge in [-0.05, 0) is 24.6 Å². The molecule has 2 aromatic rings. The molecule has 2 rings (SSSR count). The maximum Gasteiger partial charge on any atom is 0.319 e. The van der Waals surface area contributed by atoms with Gasteiger partial charge in [0.05, 0.1) is 10.6 Å². The van der Waals surface area contributed by atoms with Crippen molar-refractivity contribution >= 4 is 29.2 Å². The second kappa shape index (κ2) is 9.03.